The third-order valence-electron chi connectivity index (χ3n) is 6.02. The number of fused-ring (bicyclic) bond motifs is 1. The fourth-order valence-corrected chi connectivity index (χ4v) is 4.45. The fraction of sp³-hybridized carbons (Fsp3) is 0.500. The minimum Gasteiger partial charge on any atom is -0.438 e. The molecule has 3 rings (SSSR count). The number of esters is 1. The van der Waals surface area contributed by atoms with Crippen molar-refractivity contribution < 1.29 is 37.3 Å². The lowest BCUT2D eigenvalue weighted by Gasteiger charge is -2.33. The number of alkyl halides is 3. The summed E-state index contributed by atoms with van der Waals surface area (Å²) < 4.78 is 49.4. The summed E-state index contributed by atoms with van der Waals surface area (Å²) in [4.78, 5) is 16.0. The van der Waals surface area contributed by atoms with Gasteiger partial charge in [-0.1, -0.05) is 0 Å². The van der Waals surface area contributed by atoms with Crippen LogP contribution in [-0.4, -0.2) is 58.3 Å². The van der Waals surface area contributed by atoms with E-state index in [-0.39, 0.29) is 25.3 Å². The number of nitrogens with two attached hydrogens (primary N) is 2. The smallest absolute Gasteiger partial charge is 0.438 e. The second-order valence-corrected chi connectivity index (χ2v) is 9.70. The molecule has 0 fully saturated rings. The first kappa shape index (κ1) is 29.0. The number of aliphatic hydroxyl groups is 2. The first-order chi connectivity index (χ1) is 17.4. The lowest BCUT2D eigenvalue weighted by Crippen LogP contribution is -2.57. The number of benzene rings is 1. The Morgan fingerprint density at radius 2 is 1.97 bits per heavy atom. The first-order valence-corrected chi connectivity index (χ1v) is 12.6. The van der Waals surface area contributed by atoms with Crippen LogP contribution in [0.3, 0.4) is 0 Å². The number of thiophene rings is 1. The van der Waals surface area contributed by atoms with Crippen molar-refractivity contribution in [3.8, 4) is 0 Å². The lowest BCUT2D eigenvalue weighted by molar-refractivity contribution is -0.213. The summed E-state index contributed by atoms with van der Waals surface area (Å²) in [6.45, 7) is 4.04. The molecule has 0 saturated heterocycles. The van der Waals surface area contributed by atoms with Crippen LogP contribution >= 0.6 is 11.3 Å². The molecule has 0 aliphatic heterocycles. The first-order valence-electron chi connectivity index (χ1n) is 11.6. The van der Waals surface area contributed by atoms with Gasteiger partial charge in [-0.3, -0.25) is 5.32 Å². The van der Waals surface area contributed by atoms with E-state index < -0.39 is 42.7 Å². The normalized spacial score (nSPS) is 16.4. The lowest BCUT2D eigenvalue weighted by atomic mass is 10.0. The number of carbonyl (C=O) groups excluding carboxylic acids is 1. The molecule has 2 heterocycles. The molecule has 2 aromatic heterocycles. The summed E-state index contributed by atoms with van der Waals surface area (Å²) in [5.74, 6) is -2.60. The van der Waals surface area contributed by atoms with Crippen LogP contribution in [-0.2, 0) is 16.0 Å². The van der Waals surface area contributed by atoms with Crippen molar-refractivity contribution in [1.29, 1.82) is 0 Å². The number of rotatable bonds is 12. The Morgan fingerprint density at radius 1 is 1.27 bits per heavy atom. The number of nitrogens with one attached hydrogen (secondary N) is 1. The van der Waals surface area contributed by atoms with Crippen molar-refractivity contribution in [2.75, 3.05) is 6.54 Å². The molecule has 3 aromatic rings. The van der Waals surface area contributed by atoms with Crippen molar-refractivity contribution in [2.45, 2.75) is 69.8 Å². The van der Waals surface area contributed by atoms with Gasteiger partial charge >= 0.3 is 12.1 Å². The largest absolute Gasteiger partial charge is 0.490 e. The molecule has 0 aliphatic carbocycles. The van der Waals surface area contributed by atoms with Gasteiger partial charge < -0.3 is 30.8 Å². The van der Waals surface area contributed by atoms with Crippen LogP contribution in [0.2, 0.25) is 0 Å². The highest BCUT2D eigenvalue weighted by molar-refractivity contribution is 7.07. The fourth-order valence-electron chi connectivity index (χ4n) is 3.77. The van der Waals surface area contributed by atoms with Crippen molar-refractivity contribution in [3.63, 3.8) is 0 Å². The molecule has 37 heavy (non-hydrogen) atoms. The number of aliphatic hydroxyl groups excluding tert-OH is 2. The molecule has 7 N–H and O–H groups in total. The molecule has 0 spiro atoms. The average Bonchev–Trinajstić information content (AvgIpc) is 3.50. The maximum Gasteiger partial charge on any atom is 0.490 e. The number of oxazole rings is 1. The number of hydrogen-bond acceptors (Lipinski definition) is 10. The molecule has 1 unspecified atom stereocenters. The highest BCUT2D eigenvalue weighted by Crippen LogP contribution is 2.27. The Hall–Kier alpha value is -2.55. The van der Waals surface area contributed by atoms with Crippen molar-refractivity contribution in [3.05, 3.63) is 51.5 Å². The minimum absolute atomic E-state index is 0.0875. The number of hydrogen-bond donors (Lipinski definition) is 5. The summed E-state index contributed by atoms with van der Waals surface area (Å²) in [6.07, 6.45) is -9.77. The van der Waals surface area contributed by atoms with Gasteiger partial charge in [0.15, 0.2) is 11.8 Å². The Bertz CT molecular complexity index is 1130. The maximum atomic E-state index is 13.0. The van der Waals surface area contributed by atoms with E-state index in [1.807, 2.05) is 13.8 Å². The van der Waals surface area contributed by atoms with Crippen LogP contribution < -0.4 is 16.8 Å². The SMILES string of the molecule is Cc1cc2nc([C@H](O)[C@@H](Cc3ccsc3)NC(OC(=O)C(F)(F)F)[C@H](O)[C@H](N)CCCN)oc2cc1C. The second kappa shape index (κ2) is 12.3. The van der Waals surface area contributed by atoms with E-state index in [1.54, 1.807) is 29.0 Å². The number of nitrogens with zero attached hydrogens (tertiary/aromatic N) is 1. The van der Waals surface area contributed by atoms with E-state index in [1.165, 1.54) is 11.3 Å². The summed E-state index contributed by atoms with van der Waals surface area (Å²) in [6, 6.07) is 3.19. The maximum absolute atomic E-state index is 13.0. The Morgan fingerprint density at radius 3 is 2.59 bits per heavy atom. The molecule has 9 nitrogen and oxygen atoms in total. The topological polar surface area (TPSA) is 157 Å². The van der Waals surface area contributed by atoms with Gasteiger partial charge in [0.2, 0.25) is 5.89 Å². The van der Waals surface area contributed by atoms with Crippen molar-refractivity contribution >= 4 is 28.4 Å². The summed E-state index contributed by atoms with van der Waals surface area (Å²) in [5, 5.41) is 28.2. The van der Waals surface area contributed by atoms with Crippen LogP contribution in [0.15, 0.2) is 33.4 Å². The van der Waals surface area contributed by atoms with Gasteiger partial charge in [0.25, 0.3) is 0 Å². The Kier molecular flexibility index (Phi) is 9.67. The van der Waals surface area contributed by atoms with E-state index in [0.29, 0.717) is 17.5 Å². The van der Waals surface area contributed by atoms with Crippen LogP contribution in [0, 0.1) is 13.8 Å². The predicted octanol–water partition coefficient (Wildman–Crippen LogP) is 2.60. The van der Waals surface area contributed by atoms with E-state index in [9.17, 15) is 28.2 Å². The van der Waals surface area contributed by atoms with E-state index in [0.717, 1.165) is 16.7 Å². The van der Waals surface area contributed by atoms with Gasteiger partial charge in [0.1, 0.15) is 17.7 Å². The number of carbonyl (C=O) groups is 1. The Labute approximate surface area is 215 Å². The quantitative estimate of drug-likeness (QED) is 0.171. The monoisotopic (exact) mass is 544 g/mol. The molecule has 0 aliphatic rings. The van der Waals surface area contributed by atoms with Crippen LogP contribution in [0.25, 0.3) is 11.1 Å². The molecular weight excluding hydrogens is 513 g/mol. The van der Waals surface area contributed by atoms with E-state index in [2.05, 4.69) is 15.0 Å². The minimum atomic E-state index is -5.31. The van der Waals surface area contributed by atoms with Gasteiger partial charge in [-0.2, -0.15) is 24.5 Å². The highest BCUT2D eigenvalue weighted by atomic mass is 32.1. The standard InChI is InChI=1S/C24H31F3N4O5S/c1-12-8-16-18(9-13(12)2)35-22(30-16)20(33)17(10-14-5-7-37-11-14)31-21(36-23(34)24(25,26)27)19(32)15(29)4-3-6-28/h5,7-9,11,15,17,19-21,31-33H,3-4,6,10,28-29H2,1-2H3/t15-,17-,19-,20-,21?/m1/s1. The van der Waals surface area contributed by atoms with Crippen LogP contribution in [0.4, 0.5) is 13.2 Å². The zero-order valence-corrected chi connectivity index (χ0v) is 21.2. The summed E-state index contributed by atoms with van der Waals surface area (Å²) in [7, 11) is 0. The molecule has 0 amide bonds. The van der Waals surface area contributed by atoms with E-state index >= 15 is 0 Å². The number of halogens is 3. The van der Waals surface area contributed by atoms with Crippen molar-refractivity contribution in [1.82, 2.24) is 10.3 Å². The zero-order valence-electron chi connectivity index (χ0n) is 20.4. The van der Waals surface area contributed by atoms with Crippen LogP contribution in [0.1, 0.15) is 41.5 Å². The molecule has 5 atom stereocenters. The zero-order chi connectivity index (χ0) is 27.3. The summed E-state index contributed by atoms with van der Waals surface area (Å²) >= 11 is 1.39. The number of aryl methyl sites for hydroxylation is 2. The van der Waals surface area contributed by atoms with Crippen LogP contribution in [0.5, 0.6) is 0 Å². The van der Waals surface area contributed by atoms with Gasteiger partial charge in [0.05, 0.1) is 0 Å². The molecule has 204 valence electrons. The molecule has 0 bridgehead atoms. The van der Waals surface area contributed by atoms with Gasteiger partial charge in [-0.25, -0.2) is 9.78 Å². The number of ether oxygens (including phenoxy) is 1. The van der Waals surface area contributed by atoms with Gasteiger partial charge in [-0.05, 0) is 85.3 Å². The number of aromatic nitrogens is 1. The molecule has 0 saturated carbocycles. The Balaban J connectivity index is 1.94. The molecule has 0 radical (unpaired) electrons. The third-order valence-corrected chi connectivity index (χ3v) is 6.76. The van der Waals surface area contributed by atoms with Crippen molar-refractivity contribution in [2.24, 2.45) is 11.5 Å². The third kappa shape index (κ3) is 7.49. The molecular formula is C24H31F3N4O5S. The van der Waals surface area contributed by atoms with E-state index in [4.69, 9.17) is 15.9 Å². The van der Waals surface area contributed by atoms with Gasteiger partial charge in [0, 0.05) is 12.1 Å². The average molecular weight is 545 g/mol. The predicted molar refractivity (Wildman–Crippen MR) is 132 cm³/mol. The second-order valence-electron chi connectivity index (χ2n) is 8.92. The van der Waals surface area contributed by atoms with Gasteiger partial charge in [-0.15, -0.1) is 0 Å². The highest BCUT2D eigenvalue weighted by Gasteiger charge is 2.44. The molecule has 13 heteroatoms. The summed E-state index contributed by atoms with van der Waals surface area (Å²) in [5.41, 5.74) is 15.0. The molecule has 1 aromatic carbocycles.